The summed E-state index contributed by atoms with van der Waals surface area (Å²) in [7, 11) is 1.58. The highest BCUT2D eigenvalue weighted by Crippen LogP contribution is 2.31. The van der Waals surface area contributed by atoms with Gasteiger partial charge in [0.05, 0.1) is 20.3 Å². The standard InChI is InChI=1S/C28H35NO7/c1-4-34-26(31)10-8-6-5-7-9-21(2)27(22-11-15-25(16-12-22)35-20-19-30)36-28(32)29-23-13-17-24(33-3)18-14-23/h5-6,8,10-18,21,27,30H,4,7,9,19-20H2,1-3H3,(H,29,32)/b6-5+,10-8+/t21-,27-/m0/s1. The van der Waals surface area contributed by atoms with Gasteiger partial charge in [0.15, 0.2) is 0 Å². The Morgan fingerprint density at radius 2 is 1.72 bits per heavy atom. The number of hydrogen-bond donors (Lipinski definition) is 2. The maximum atomic E-state index is 12.7. The average molecular weight is 498 g/mol. The van der Waals surface area contributed by atoms with Crippen LogP contribution in [0.3, 0.4) is 0 Å². The molecule has 2 aromatic carbocycles. The monoisotopic (exact) mass is 497 g/mol. The number of carbonyl (C=O) groups is 2. The fourth-order valence-corrected chi connectivity index (χ4v) is 3.38. The molecule has 0 aliphatic carbocycles. The first kappa shape index (κ1) is 28.5. The topological polar surface area (TPSA) is 103 Å². The highest BCUT2D eigenvalue weighted by atomic mass is 16.6. The molecular weight excluding hydrogens is 462 g/mol. The lowest BCUT2D eigenvalue weighted by atomic mass is 9.93. The van der Waals surface area contributed by atoms with E-state index in [1.807, 2.05) is 25.1 Å². The molecule has 0 unspecified atom stereocenters. The summed E-state index contributed by atoms with van der Waals surface area (Å²) in [6.45, 7) is 4.25. The number of aliphatic hydroxyl groups is 1. The van der Waals surface area contributed by atoms with Gasteiger partial charge in [-0.25, -0.2) is 9.59 Å². The Morgan fingerprint density at radius 3 is 2.36 bits per heavy atom. The molecule has 0 aliphatic rings. The Kier molecular flexibility index (Phi) is 12.6. The first-order valence-corrected chi connectivity index (χ1v) is 11.9. The molecule has 0 spiro atoms. The van der Waals surface area contributed by atoms with Crippen LogP contribution in [-0.4, -0.2) is 44.1 Å². The first-order valence-electron chi connectivity index (χ1n) is 11.9. The first-order chi connectivity index (χ1) is 17.5. The van der Waals surface area contributed by atoms with Gasteiger partial charge in [0.1, 0.15) is 24.2 Å². The second kappa shape index (κ2) is 16.0. The van der Waals surface area contributed by atoms with Crippen molar-refractivity contribution >= 4 is 17.7 Å². The van der Waals surface area contributed by atoms with Gasteiger partial charge >= 0.3 is 12.1 Å². The van der Waals surface area contributed by atoms with Gasteiger partial charge in [0.2, 0.25) is 0 Å². The smallest absolute Gasteiger partial charge is 0.412 e. The number of benzene rings is 2. The second-order valence-electron chi connectivity index (χ2n) is 7.91. The number of ether oxygens (including phenoxy) is 4. The summed E-state index contributed by atoms with van der Waals surface area (Å²) in [5.41, 5.74) is 1.42. The zero-order valence-electron chi connectivity index (χ0n) is 21.0. The van der Waals surface area contributed by atoms with E-state index in [-0.39, 0.29) is 25.1 Å². The third-order valence-corrected chi connectivity index (χ3v) is 5.21. The van der Waals surface area contributed by atoms with Crippen LogP contribution in [0.5, 0.6) is 11.5 Å². The summed E-state index contributed by atoms with van der Waals surface area (Å²) in [4.78, 5) is 24.1. The van der Waals surface area contributed by atoms with E-state index in [4.69, 9.17) is 24.1 Å². The number of anilines is 1. The molecule has 0 bridgehead atoms. The van der Waals surface area contributed by atoms with E-state index in [0.29, 0.717) is 23.8 Å². The molecule has 36 heavy (non-hydrogen) atoms. The quantitative estimate of drug-likeness (QED) is 0.203. The molecule has 2 aromatic rings. The molecule has 2 atom stereocenters. The Balaban J connectivity index is 2.05. The molecule has 0 fully saturated rings. The van der Waals surface area contributed by atoms with Crippen LogP contribution in [0.15, 0.2) is 72.8 Å². The van der Waals surface area contributed by atoms with E-state index in [0.717, 1.165) is 18.4 Å². The van der Waals surface area contributed by atoms with Crippen molar-refractivity contribution in [2.24, 2.45) is 5.92 Å². The summed E-state index contributed by atoms with van der Waals surface area (Å²) >= 11 is 0. The maximum Gasteiger partial charge on any atom is 0.412 e. The maximum absolute atomic E-state index is 12.7. The zero-order chi connectivity index (χ0) is 26.2. The van der Waals surface area contributed by atoms with Crippen LogP contribution in [0.2, 0.25) is 0 Å². The van der Waals surface area contributed by atoms with Gasteiger partial charge in [-0.15, -0.1) is 0 Å². The predicted octanol–water partition coefficient (Wildman–Crippen LogP) is 5.45. The Morgan fingerprint density at radius 1 is 1.03 bits per heavy atom. The SMILES string of the molecule is CCOC(=O)/C=C/C=C/CC[C@H](C)[C@H](OC(=O)Nc1ccc(OC)cc1)c1ccc(OCCO)cc1. The van der Waals surface area contributed by atoms with Gasteiger partial charge in [0.25, 0.3) is 0 Å². The summed E-state index contributed by atoms with van der Waals surface area (Å²) in [6.07, 6.45) is 7.17. The van der Waals surface area contributed by atoms with E-state index in [2.05, 4.69) is 5.32 Å². The fourth-order valence-electron chi connectivity index (χ4n) is 3.38. The number of nitrogens with one attached hydrogen (secondary N) is 1. The van der Waals surface area contributed by atoms with Crippen molar-refractivity contribution in [1.82, 2.24) is 0 Å². The van der Waals surface area contributed by atoms with Crippen LogP contribution in [0, 0.1) is 5.92 Å². The van der Waals surface area contributed by atoms with Gasteiger partial charge in [-0.1, -0.05) is 37.3 Å². The predicted molar refractivity (Wildman–Crippen MR) is 138 cm³/mol. The Hall–Kier alpha value is -3.78. The number of rotatable bonds is 14. The third-order valence-electron chi connectivity index (χ3n) is 5.21. The highest BCUT2D eigenvalue weighted by Gasteiger charge is 2.23. The van der Waals surface area contributed by atoms with Crippen molar-refractivity contribution in [3.63, 3.8) is 0 Å². The molecule has 1 amide bonds. The van der Waals surface area contributed by atoms with Crippen LogP contribution in [0.1, 0.15) is 38.4 Å². The van der Waals surface area contributed by atoms with Crippen molar-refractivity contribution in [2.75, 3.05) is 32.2 Å². The molecule has 0 aromatic heterocycles. The van der Waals surface area contributed by atoms with Crippen LogP contribution >= 0.6 is 0 Å². The molecule has 8 nitrogen and oxygen atoms in total. The fraction of sp³-hybridized carbons (Fsp3) is 0.357. The van der Waals surface area contributed by atoms with E-state index in [9.17, 15) is 9.59 Å². The molecule has 0 heterocycles. The average Bonchev–Trinajstić information content (AvgIpc) is 2.89. The van der Waals surface area contributed by atoms with E-state index < -0.39 is 12.2 Å². The minimum Gasteiger partial charge on any atom is -0.497 e. The zero-order valence-corrected chi connectivity index (χ0v) is 21.0. The molecular formula is C28H35NO7. The molecule has 8 heteroatoms. The number of carbonyl (C=O) groups excluding carboxylic acids is 2. The van der Waals surface area contributed by atoms with Crippen molar-refractivity contribution < 1.29 is 33.6 Å². The Bertz CT molecular complexity index is 984. The van der Waals surface area contributed by atoms with E-state index in [1.165, 1.54) is 6.08 Å². The number of allylic oxidation sites excluding steroid dienone is 3. The number of esters is 1. The number of amides is 1. The minimum atomic E-state index is -0.564. The summed E-state index contributed by atoms with van der Waals surface area (Å²) in [5.74, 6) is 0.931. The van der Waals surface area contributed by atoms with Crippen molar-refractivity contribution in [2.45, 2.75) is 32.8 Å². The Labute approximate surface area is 212 Å². The van der Waals surface area contributed by atoms with Crippen molar-refractivity contribution in [3.05, 3.63) is 78.4 Å². The third kappa shape index (κ3) is 10.2. The van der Waals surface area contributed by atoms with Gasteiger partial charge in [-0.3, -0.25) is 5.32 Å². The number of aliphatic hydroxyl groups excluding tert-OH is 1. The van der Waals surface area contributed by atoms with Gasteiger partial charge in [-0.2, -0.15) is 0 Å². The second-order valence-corrected chi connectivity index (χ2v) is 7.91. The van der Waals surface area contributed by atoms with E-state index >= 15 is 0 Å². The minimum absolute atomic E-state index is 0.00508. The highest BCUT2D eigenvalue weighted by molar-refractivity contribution is 5.84. The lowest BCUT2D eigenvalue weighted by molar-refractivity contribution is -0.137. The number of methoxy groups -OCH3 is 1. The molecule has 0 radical (unpaired) electrons. The summed E-state index contributed by atoms with van der Waals surface area (Å²) in [6, 6.07) is 14.3. The molecule has 0 saturated carbocycles. The summed E-state index contributed by atoms with van der Waals surface area (Å²) < 4.78 is 21.3. The summed E-state index contributed by atoms with van der Waals surface area (Å²) in [5, 5.41) is 11.7. The van der Waals surface area contributed by atoms with Crippen LogP contribution in [0.25, 0.3) is 0 Å². The molecule has 194 valence electrons. The van der Waals surface area contributed by atoms with Crippen molar-refractivity contribution in [1.29, 1.82) is 0 Å². The normalized spacial score (nSPS) is 12.8. The lowest BCUT2D eigenvalue weighted by Crippen LogP contribution is -2.22. The van der Waals surface area contributed by atoms with Crippen LogP contribution < -0.4 is 14.8 Å². The van der Waals surface area contributed by atoms with Gasteiger partial charge in [-0.05, 0) is 67.6 Å². The van der Waals surface area contributed by atoms with E-state index in [1.54, 1.807) is 62.6 Å². The van der Waals surface area contributed by atoms with Gasteiger partial charge < -0.3 is 24.1 Å². The largest absolute Gasteiger partial charge is 0.497 e. The number of hydrogen-bond acceptors (Lipinski definition) is 7. The molecule has 0 saturated heterocycles. The molecule has 2 rings (SSSR count). The van der Waals surface area contributed by atoms with Crippen LogP contribution in [-0.2, 0) is 14.3 Å². The van der Waals surface area contributed by atoms with Crippen molar-refractivity contribution in [3.8, 4) is 11.5 Å². The molecule has 2 N–H and O–H groups in total. The molecule has 0 aliphatic heterocycles. The van der Waals surface area contributed by atoms with Gasteiger partial charge in [0, 0.05) is 11.8 Å². The van der Waals surface area contributed by atoms with Crippen LogP contribution in [0.4, 0.5) is 10.5 Å². The lowest BCUT2D eigenvalue weighted by Gasteiger charge is -2.25.